The molecule has 0 unspecified atom stereocenters. The summed E-state index contributed by atoms with van der Waals surface area (Å²) < 4.78 is 55.4. The molecule has 0 aromatic rings. The standard InChI is InChI=1S/C10H24N2O6S2.K/c1-19(14,15)11-5-4-7-12(8-9-13)6-2-3-10-20(16,17)18;/h11,13H,2-10H2,1H3,(H,16,17,18);/q;+1/p-1. The molecule has 21 heavy (non-hydrogen) atoms. The summed E-state index contributed by atoms with van der Waals surface area (Å²) >= 11 is 0. The second-order valence-electron chi connectivity index (χ2n) is 4.55. The molecular formula is C10H23KN2O6S2. The van der Waals surface area contributed by atoms with Crippen molar-refractivity contribution in [3.05, 3.63) is 0 Å². The first-order valence-corrected chi connectivity index (χ1v) is 9.82. The van der Waals surface area contributed by atoms with Crippen molar-refractivity contribution in [3.8, 4) is 0 Å². The molecule has 8 nitrogen and oxygen atoms in total. The Labute approximate surface area is 169 Å². The summed E-state index contributed by atoms with van der Waals surface area (Å²) in [6, 6.07) is 0. The van der Waals surface area contributed by atoms with Gasteiger partial charge in [-0.2, -0.15) is 0 Å². The first-order valence-electron chi connectivity index (χ1n) is 6.35. The Morgan fingerprint density at radius 3 is 2.10 bits per heavy atom. The number of rotatable bonds is 12. The molecule has 0 aromatic heterocycles. The monoisotopic (exact) mass is 370 g/mol. The van der Waals surface area contributed by atoms with Gasteiger partial charge in [0.15, 0.2) is 0 Å². The van der Waals surface area contributed by atoms with E-state index >= 15 is 0 Å². The molecule has 0 aliphatic carbocycles. The van der Waals surface area contributed by atoms with E-state index in [0.717, 1.165) is 6.26 Å². The van der Waals surface area contributed by atoms with Gasteiger partial charge in [0.2, 0.25) is 10.0 Å². The number of nitrogens with zero attached hydrogens (tertiary/aromatic N) is 1. The van der Waals surface area contributed by atoms with Gasteiger partial charge in [0.1, 0.15) is 0 Å². The summed E-state index contributed by atoms with van der Waals surface area (Å²) in [6.45, 7) is 1.88. The van der Waals surface area contributed by atoms with E-state index in [4.69, 9.17) is 5.11 Å². The van der Waals surface area contributed by atoms with Crippen molar-refractivity contribution in [3.63, 3.8) is 0 Å². The van der Waals surface area contributed by atoms with Crippen LogP contribution in [-0.2, 0) is 20.1 Å². The van der Waals surface area contributed by atoms with Gasteiger partial charge in [-0.25, -0.2) is 21.6 Å². The van der Waals surface area contributed by atoms with Crippen LogP contribution in [-0.4, -0.2) is 76.2 Å². The van der Waals surface area contributed by atoms with Crippen molar-refractivity contribution in [1.82, 2.24) is 9.62 Å². The fourth-order valence-electron chi connectivity index (χ4n) is 1.65. The van der Waals surface area contributed by atoms with Crippen molar-refractivity contribution in [2.75, 3.05) is 44.8 Å². The van der Waals surface area contributed by atoms with Crippen molar-refractivity contribution < 1.29 is 77.9 Å². The first kappa shape index (κ1) is 24.6. The number of aliphatic hydroxyl groups excluding tert-OH is 1. The van der Waals surface area contributed by atoms with Crippen LogP contribution in [0.2, 0.25) is 0 Å². The predicted octanol–water partition coefficient (Wildman–Crippen LogP) is -4.45. The van der Waals surface area contributed by atoms with Gasteiger partial charge in [0, 0.05) is 18.8 Å². The Hall–Kier alpha value is 1.38. The minimum atomic E-state index is -4.17. The first-order chi connectivity index (χ1) is 9.14. The normalized spacial score (nSPS) is 12.4. The molecule has 0 rings (SSSR count). The van der Waals surface area contributed by atoms with Gasteiger partial charge in [0.25, 0.3) is 0 Å². The summed E-state index contributed by atoms with van der Waals surface area (Å²) in [4.78, 5) is 1.90. The number of aliphatic hydroxyl groups is 1. The summed E-state index contributed by atoms with van der Waals surface area (Å²) in [5.41, 5.74) is 0. The molecule has 11 heteroatoms. The average molecular weight is 371 g/mol. The van der Waals surface area contributed by atoms with Gasteiger partial charge >= 0.3 is 51.4 Å². The zero-order chi connectivity index (χ0) is 15.6. The Morgan fingerprint density at radius 1 is 1.05 bits per heavy atom. The topological polar surface area (TPSA) is 127 Å². The zero-order valence-corrected chi connectivity index (χ0v) is 17.4. The molecule has 0 aliphatic heterocycles. The number of sulfonamides is 1. The van der Waals surface area contributed by atoms with E-state index in [-0.39, 0.29) is 70.2 Å². The molecule has 0 heterocycles. The maximum absolute atomic E-state index is 10.9. The summed E-state index contributed by atoms with van der Waals surface area (Å²) in [5, 5.41) is 8.91. The number of nitrogens with one attached hydrogen (secondary N) is 1. The SMILES string of the molecule is CS(=O)(=O)NCCCN(CCO)CCCCS(=O)(=O)[O-].[K+]. The van der Waals surface area contributed by atoms with Crippen LogP contribution in [0.25, 0.3) is 0 Å². The maximum Gasteiger partial charge on any atom is 1.00 e. The Morgan fingerprint density at radius 2 is 1.62 bits per heavy atom. The molecule has 0 aliphatic rings. The molecule has 0 radical (unpaired) electrons. The van der Waals surface area contributed by atoms with Crippen LogP contribution in [0.3, 0.4) is 0 Å². The molecule has 0 amide bonds. The van der Waals surface area contributed by atoms with Gasteiger partial charge < -0.3 is 14.6 Å². The Bertz CT molecular complexity index is 414. The Balaban J connectivity index is 0. The molecular weight excluding hydrogens is 347 g/mol. The van der Waals surface area contributed by atoms with Crippen LogP contribution in [0.1, 0.15) is 19.3 Å². The van der Waals surface area contributed by atoms with Gasteiger partial charge in [-0.15, -0.1) is 0 Å². The Kier molecular flexibility index (Phi) is 15.0. The third kappa shape index (κ3) is 19.3. The van der Waals surface area contributed by atoms with Crippen LogP contribution in [0, 0.1) is 0 Å². The van der Waals surface area contributed by atoms with E-state index in [0.29, 0.717) is 39.0 Å². The van der Waals surface area contributed by atoms with Crippen molar-refractivity contribution in [2.24, 2.45) is 0 Å². The third-order valence-corrected chi connectivity index (χ3v) is 4.07. The second-order valence-corrected chi connectivity index (χ2v) is 7.91. The molecule has 0 saturated heterocycles. The van der Waals surface area contributed by atoms with E-state index in [2.05, 4.69) is 4.72 Å². The molecule has 0 bridgehead atoms. The van der Waals surface area contributed by atoms with Crippen molar-refractivity contribution >= 4 is 20.1 Å². The van der Waals surface area contributed by atoms with Crippen LogP contribution in [0.15, 0.2) is 0 Å². The quantitative estimate of drug-likeness (QED) is 0.201. The summed E-state index contributed by atoms with van der Waals surface area (Å²) in [5.74, 6) is -0.379. The van der Waals surface area contributed by atoms with Crippen molar-refractivity contribution in [2.45, 2.75) is 19.3 Å². The van der Waals surface area contributed by atoms with E-state index in [1.807, 2.05) is 4.90 Å². The predicted molar refractivity (Wildman–Crippen MR) is 74.8 cm³/mol. The van der Waals surface area contributed by atoms with Crippen LogP contribution >= 0.6 is 0 Å². The van der Waals surface area contributed by atoms with E-state index in [9.17, 15) is 21.4 Å². The summed E-state index contributed by atoms with van der Waals surface area (Å²) in [7, 11) is -7.36. The van der Waals surface area contributed by atoms with Crippen LogP contribution in [0.5, 0.6) is 0 Å². The molecule has 0 spiro atoms. The van der Waals surface area contributed by atoms with E-state index < -0.39 is 20.1 Å². The zero-order valence-electron chi connectivity index (χ0n) is 12.6. The van der Waals surface area contributed by atoms with E-state index in [1.165, 1.54) is 0 Å². The van der Waals surface area contributed by atoms with Crippen molar-refractivity contribution in [1.29, 1.82) is 0 Å². The van der Waals surface area contributed by atoms with Gasteiger partial charge in [-0.3, -0.25) is 0 Å². The average Bonchev–Trinajstić information content (AvgIpc) is 2.27. The van der Waals surface area contributed by atoms with Crippen LogP contribution < -0.4 is 56.1 Å². The fraction of sp³-hybridized carbons (Fsp3) is 1.00. The van der Waals surface area contributed by atoms with Crippen LogP contribution in [0.4, 0.5) is 0 Å². The van der Waals surface area contributed by atoms with Gasteiger partial charge in [-0.05, 0) is 32.4 Å². The molecule has 0 saturated carbocycles. The van der Waals surface area contributed by atoms with Gasteiger partial charge in [0.05, 0.1) is 23.0 Å². The largest absolute Gasteiger partial charge is 1.00 e. The smallest absolute Gasteiger partial charge is 0.748 e. The number of unbranched alkanes of at least 4 members (excludes halogenated alkanes) is 1. The second kappa shape index (κ2) is 12.8. The molecule has 0 fully saturated rings. The number of hydrogen-bond acceptors (Lipinski definition) is 7. The van der Waals surface area contributed by atoms with E-state index in [1.54, 1.807) is 0 Å². The molecule has 122 valence electrons. The summed E-state index contributed by atoms with van der Waals surface area (Å²) in [6.07, 6.45) is 2.51. The fourth-order valence-corrected chi connectivity index (χ4v) is 2.72. The minimum absolute atomic E-state index is 0. The third-order valence-electron chi connectivity index (χ3n) is 2.55. The molecule has 0 atom stereocenters. The van der Waals surface area contributed by atoms with Gasteiger partial charge in [-0.1, -0.05) is 0 Å². The maximum atomic E-state index is 10.9. The molecule has 0 aromatic carbocycles. The minimum Gasteiger partial charge on any atom is -0.748 e. The molecule has 2 N–H and O–H groups in total. The number of hydrogen-bond donors (Lipinski definition) is 2.